The fourth-order valence-corrected chi connectivity index (χ4v) is 3.14. The third-order valence-corrected chi connectivity index (χ3v) is 4.66. The average Bonchev–Trinajstić information content (AvgIpc) is 2.47. The van der Waals surface area contributed by atoms with Crippen LogP contribution in [0.5, 0.6) is 0 Å². The van der Waals surface area contributed by atoms with Crippen LogP contribution in [0.4, 0.5) is 5.82 Å². The van der Waals surface area contributed by atoms with Crippen molar-refractivity contribution in [2.75, 3.05) is 12.3 Å². The summed E-state index contributed by atoms with van der Waals surface area (Å²) in [5, 5.41) is 2.99. The molecule has 2 rings (SSSR count). The lowest BCUT2D eigenvalue weighted by Gasteiger charge is -2.27. The van der Waals surface area contributed by atoms with Crippen LogP contribution in [0.2, 0.25) is 0 Å². The number of anilines is 1. The van der Waals surface area contributed by atoms with Crippen molar-refractivity contribution < 1.29 is 4.79 Å². The molecule has 1 aliphatic carbocycles. The van der Waals surface area contributed by atoms with Crippen molar-refractivity contribution in [2.45, 2.75) is 39.0 Å². The second-order valence-corrected chi connectivity index (χ2v) is 6.51. The number of hydrogen-bond acceptors (Lipinski definition) is 3. The molecule has 0 radical (unpaired) electrons. The Hall–Kier alpha value is -1.10. The second-order valence-electron chi connectivity index (χ2n) is 5.59. The lowest BCUT2D eigenvalue weighted by Crippen LogP contribution is -2.31. The van der Waals surface area contributed by atoms with Gasteiger partial charge in [-0.15, -0.1) is 0 Å². The highest BCUT2D eigenvalue weighted by molar-refractivity contribution is 9.10. The monoisotopic (exact) mass is 339 g/mol. The maximum Gasteiger partial charge on any atom is 0.255 e. The summed E-state index contributed by atoms with van der Waals surface area (Å²) in [4.78, 5) is 16.1. The molecule has 0 unspecified atom stereocenters. The third kappa shape index (κ3) is 3.95. The fraction of sp³-hybridized carbons (Fsp3) is 0.600. The minimum atomic E-state index is -0.131. The smallest absolute Gasteiger partial charge is 0.255 e. The highest BCUT2D eigenvalue weighted by Gasteiger charge is 2.21. The Balaban J connectivity index is 1.85. The van der Waals surface area contributed by atoms with Crippen LogP contribution in [0.3, 0.4) is 0 Å². The van der Waals surface area contributed by atoms with Gasteiger partial charge in [0.25, 0.3) is 5.91 Å². The van der Waals surface area contributed by atoms with Gasteiger partial charge in [-0.3, -0.25) is 4.79 Å². The van der Waals surface area contributed by atoms with Crippen molar-refractivity contribution in [2.24, 2.45) is 11.8 Å². The standard InChI is InChI=1S/C15H22BrN3O/c1-2-10-3-5-11(6-4-10)8-19-15(20)13-7-12(16)9-18-14(13)17/h7,9-11H,2-6,8H2,1H3,(H2,17,18)(H,19,20). The van der Waals surface area contributed by atoms with Gasteiger partial charge in [0.05, 0.1) is 5.56 Å². The number of rotatable bonds is 4. The summed E-state index contributed by atoms with van der Waals surface area (Å²) in [5.41, 5.74) is 6.19. The van der Waals surface area contributed by atoms with E-state index >= 15 is 0 Å². The van der Waals surface area contributed by atoms with E-state index in [-0.39, 0.29) is 11.7 Å². The first kappa shape index (κ1) is 15.3. The Morgan fingerprint density at radius 3 is 2.70 bits per heavy atom. The summed E-state index contributed by atoms with van der Waals surface area (Å²) in [6.07, 6.45) is 7.88. The van der Waals surface area contributed by atoms with Gasteiger partial charge < -0.3 is 11.1 Å². The van der Waals surface area contributed by atoms with E-state index in [1.165, 1.54) is 32.1 Å². The van der Waals surface area contributed by atoms with Gasteiger partial charge in [0.2, 0.25) is 0 Å². The molecular formula is C15H22BrN3O. The van der Waals surface area contributed by atoms with E-state index in [9.17, 15) is 4.79 Å². The van der Waals surface area contributed by atoms with Crippen LogP contribution < -0.4 is 11.1 Å². The first-order chi connectivity index (χ1) is 9.60. The number of pyridine rings is 1. The quantitative estimate of drug-likeness (QED) is 0.883. The summed E-state index contributed by atoms with van der Waals surface area (Å²) in [5.74, 6) is 1.63. The normalized spacial score (nSPS) is 22.5. The molecule has 1 aliphatic rings. The van der Waals surface area contributed by atoms with E-state index in [0.29, 0.717) is 11.5 Å². The molecule has 0 atom stereocenters. The average molecular weight is 340 g/mol. The van der Waals surface area contributed by atoms with Crippen LogP contribution in [-0.4, -0.2) is 17.4 Å². The molecule has 0 spiro atoms. The van der Waals surface area contributed by atoms with E-state index < -0.39 is 0 Å². The molecule has 3 N–H and O–H groups in total. The summed E-state index contributed by atoms with van der Waals surface area (Å²) >= 11 is 3.31. The van der Waals surface area contributed by atoms with Gasteiger partial charge in [0.15, 0.2) is 0 Å². The molecule has 1 amide bonds. The van der Waals surface area contributed by atoms with Crippen LogP contribution in [0.15, 0.2) is 16.7 Å². The molecule has 20 heavy (non-hydrogen) atoms. The molecule has 0 aliphatic heterocycles. The molecule has 1 fully saturated rings. The highest BCUT2D eigenvalue weighted by atomic mass is 79.9. The zero-order valence-electron chi connectivity index (χ0n) is 11.9. The van der Waals surface area contributed by atoms with E-state index in [0.717, 1.165) is 16.9 Å². The van der Waals surface area contributed by atoms with Crippen LogP contribution in [0.25, 0.3) is 0 Å². The Labute approximate surface area is 128 Å². The Morgan fingerprint density at radius 1 is 1.40 bits per heavy atom. The van der Waals surface area contributed by atoms with E-state index in [2.05, 4.69) is 33.2 Å². The second kappa shape index (κ2) is 7.07. The predicted octanol–water partition coefficient (Wildman–Crippen LogP) is 3.37. The molecule has 1 saturated carbocycles. The summed E-state index contributed by atoms with van der Waals surface area (Å²) in [6.45, 7) is 3.00. The highest BCUT2D eigenvalue weighted by Crippen LogP contribution is 2.30. The zero-order chi connectivity index (χ0) is 14.5. The SMILES string of the molecule is CCC1CCC(CNC(=O)c2cc(Br)cnc2N)CC1. The maximum absolute atomic E-state index is 12.1. The predicted molar refractivity (Wildman–Crippen MR) is 84.4 cm³/mol. The number of carbonyl (C=O) groups is 1. The molecule has 110 valence electrons. The Kier molecular flexibility index (Phi) is 5.40. The van der Waals surface area contributed by atoms with Crippen LogP contribution in [-0.2, 0) is 0 Å². The van der Waals surface area contributed by atoms with Crippen molar-refractivity contribution in [3.05, 3.63) is 22.3 Å². The maximum atomic E-state index is 12.1. The van der Waals surface area contributed by atoms with Crippen molar-refractivity contribution in [3.63, 3.8) is 0 Å². The van der Waals surface area contributed by atoms with Gasteiger partial charge in [0.1, 0.15) is 5.82 Å². The van der Waals surface area contributed by atoms with Gasteiger partial charge in [-0.25, -0.2) is 4.98 Å². The fourth-order valence-electron chi connectivity index (χ4n) is 2.81. The number of nitrogens with zero attached hydrogens (tertiary/aromatic N) is 1. The number of nitrogens with two attached hydrogens (primary N) is 1. The minimum absolute atomic E-state index is 0.131. The molecule has 1 aromatic rings. The molecule has 1 heterocycles. The summed E-state index contributed by atoms with van der Waals surface area (Å²) in [7, 11) is 0. The molecule has 0 saturated heterocycles. The van der Waals surface area contributed by atoms with Crippen molar-refractivity contribution in [1.82, 2.24) is 10.3 Å². The first-order valence-electron chi connectivity index (χ1n) is 7.29. The third-order valence-electron chi connectivity index (χ3n) is 4.22. The number of nitrogen functional groups attached to an aromatic ring is 1. The van der Waals surface area contributed by atoms with Gasteiger partial charge in [-0.1, -0.05) is 26.2 Å². The number of hydrogen-bond donors (Lipinski definition) is 2. The summed E-state index contributed by atoms with van der Waals surface area (Å²) < 4.78 is 0.764. The van der Waals surface area contributed by atoms with Crippen molar-refractivity contribution in [3.8, 4) is 0 Å². The van der Waals surface area contributed by atoms with Gasteiger partial charge in [-0.2, -0.15) is 0 Å². The molecule has 4 nitrogen and oxygen atoms in total. The van der Waals surface area contributed by atoms with Crippen LogP contribution >= 0.6 is 15.9 Å². The molecular weight excluding hydrogens is 318 g/mol. The number of amides is 1. The topological polar surface area (TPSA) is 68.0 Å². The first-order valence-corrected chi connectivity index (χ1v) is 8.08. The number of nitrogens with one attached hydrogen (secondary N) is 1. The number of halogens is 1. The summed E-state index contributed by atoms with van der Waals surface area (Å²) in [6, 6.07) is 1.71. The van der Waals surface area contributed by atoms with Crippen LogP contribution in [0.1, 0.15) is 49.4 Å². The van der Waals surface area contributed by atoms with Gasteiger partial charge in [-0.05, 0) is 46.7 Å². The van der Waals surface area contributed by atoms with Crippen LogP contribution in [0, 0.1) is 11.8 Å². The number of aromatic nitrogens is 1. The van der Waals surface area contributed by atoms with Gasteiger partial charge >= 0.3 is 0 Å². The Morgan fingerprint density at radius 2 is 2.05 bits per heavy atom. The zero-order valence-corrected chi connectivity index (χ0v) is 13.4. The lowest BCUT2D eigenvalue weighted by molar-refractivity contribution is 0.0941. The van der Waals surface area contributed by atoms with Crippen molar-refractivity contribution >= 4 is 27.7 Å². The molecule has 1 aromatic heterocycles. The molecule has 0 aromatic carbocycles. The van der Waals surface area contributed by atoms with E-state index in [4.69, 9.17) is 5.73 Å². The van der Waals surface area contributed by atoms with Crippen molar-refractivity contribution in [1.29, 1.82) is 0 Å². The van der Waals surface area contributed by atoms with Gasteiger partial charge in [0, 0.05) is 17.2 Å². The largest absolute Gasteiger partial charge is 0.383 e. The lowest BCUT2D eigenvalue weighted by atomic mass is 9.81. The molecule has 0 bridgehead atoms. The van der Waals surface area contributed by atoms with E-state index in [1.54, 1.807) is 12.3 Å². The number of carbonyl (C=O) groups excluding carboxylic acids is 1. The van der Waals surface area contributed by atoms with E-state index in [1.807, 2.05) is 0 Å². The Bertz CT molecular complexity index is 470. The molecule has 5 heteroatoms. The minimum Gasteiger partial charge on any atom is -0.383 e.